The van der Waals surface area contributed by atoms with E-state index < -0.39 is 0 Å². The van der Waals surface area contributed by atoms with Crippen LogP contribution in [0.4, 0.5) is 0 Å². The molecule has 0 amide bonds. The zero-order valence-electron chi connectivity index (χ0n) is 11.8. The molecule has 4 rings (SSSR count). The first-order valence-electron chi connectivity index (χ1n) is 7.46. The van der Waals surface area contributed by atoms with Crippen molar-refractivity contribution in [2.24, 2.45) is 0 Å². The van der Waals surface area contributed by atoms with E-state index >= 15 is 0 Å². The maximum absolute atomic E-state index is 12.4. The molecule has 3 heteroatoms. The molecule has 0 saturated heterocycles. The Morgan fingerprint density at radius 2 is 2.15 bits per heavy atom. The predicted molar refractivity (Wildman–Crippen MR) is 76.6 cm³/mol. The van der Waals surface area contributed by atoms with E-state index in [4.69, 9.17) is 4.74 Å². The molecule has 0 unspecified atom stereocenters. The molecule has 0 fully saturated rings. The average Bonchev–Trinajstić information content (AvgIpc) is 2.97. The van der Waals surface area contributed by atoms with E-state index in [0.29, 0.717) is 12.2 Å². The number of methoxy groups -OCH3 is 1. The van der Waals surface area contributed by atoms with Gasteiger partial charge < -0.3 is 9.64 Å². The summed E-state index contributed by atoms with van der Waals surface area (Å²) in [4.78, 5) is 14.9. The minimum absolute atomic E-state index is 0.258. The van der Waals surface area contributed by atoms with Crippen LogP contribution in [0.25, 0.3) is 0 Å². The number of hydrogen-bond acceptors (Lipinski definition) is 3. The number of fused-ring (bicyclic) bond motifs is 4. The van der Waals surface area contributed by atoms with E-state index in [1.54, 1.807) is 7.11 Å². The molecular formula is C17H19NO2. The molecule has 1 atom stereocenters. The second kappa shape index (κ2) is 4.37. The van der Waals surface area contributed by atoms with Gasteiger partial charge in [-0.1, -0.05) is 6.07 Å². The minimum Gasteiger partial charge on any atom is -0.497 e. The third kappa shape index (κ3) is 1.62. The number of allylic oxidation sites excluding steroid dienone is 2. The molecule has 20 heavy (non-hydrogen) atoms. The quantitative estimate of drug-likeness (QED) is 0.785. The van der Waals surface area contributed by atoms with E-state index in [1.807, 2.05) is 6.07 Å². The molecule has 104 valence electrons. The van der Waals surface area contributed by atoms with Crippen LogP contribution in [0.2, 0.25) is 0 Å². The van der Waals surface area contributed by atoms with Crippen LogP contribution in [-0.4, -0.2) is 24.3 Å². The lowest BCUT2D eigenvalue weighted by atomic mass is 9.85. The topological polar surface area (TPSA) is 29.5 Å². The van der Waals surface area contributed by atoms with Crippen molar-refractivity contribution < 1.29 is 9.53 Å². The van der Waals surface area contributed by atoms with Gasteiger partial charge in [0.2, 0.25) is 0 Å². The first-order valence-corrected chi connectivity index (χ1v) is 7.46. The molecule has 0 spiro atoms. The largest absolute Gasteiger partial charge is 0.497 e. The van der Waals surface area contributed by atoms with Crippen molar-refractivity contribution in [2.75, 3.05) is 13.7 Å². The minimum atomic E-state index is 0.258. The van der Waals surface area contributed by atoms with Crippen molar-refractivity contribution in [1.82, 2.24) is 4.90 Å². The highest BCUT2D eigenvalue weighted by Crippen LogP contribution is 2.45. The molecule has 2 heterocycles. The molecule has 2 aliphatic heterocycles. The smallest absolute Gasteiger partial charge is 0.162 e. The Morgan fingerprint density at radius 1 is 1.25 bits per heavy atom. The Hall–Kier alpha value is -1.77. The van der Waals surface area contributed by atoms with Gasteiger partial charge in [0.25, 0.3) is 0 Å². The van der Waals surface area contributed by atoms with Gasteiger partial charge in [-0.3, -0.25) is 4.79 Å². The van der Waals surface area contributed by atoms with Gasteiger partial charge in [-0.25, -0.2) is 0 Å². The fraction of sp³-hybridized carbons (Fsp3) is 0.471. The van der Waals surface area contributed by atoms with E-state index in [-0.39, 0.29) is 6.04 Å². The van der Waals surface area contributed by atoms with E-state index in [1.165, 1.54) is 16.8 Å². The van der Waals surface area contributed by atoms with Crippen molar-refractivity contribution in [3.05, 3.63) is 40.6 Å². The Labute approximate surface area is 119 Å². The Bertz CT molecular complexity index is 617. The Balaban J connectivity index is 1.77. The van der Waals surface area contributed by atoms with Crippen molar-refractivity contribution in [1.29, 1.82) is 0 Å². The summed E-state index contributed by atoms with van der Waals surface area (Å²) in [6, 6.07) is 6.56. The van der Waals surface area contributed by atoms with Gasteiger partial charge in [-0.2, -0.15) is 0 Å². The number of hydrogen-bond donors (Lipinski definition) is 0. The number of benzene rings is 1. The lowest BCUT2D eigenvalue weighted by Gasteiger charge is -2.42. The first-order chi connectivity index (χ1) is 9.78. The number of Topliss-reactive ketones (excluding diaryl/α,β-unsaturated/α-hetero) is 1. The van der Waals surface area contributed by atoms with Crippen LogP contribution < -0.4 is 4.74 Å². The summed E-state index contributed by atoms with van der Waals surface area (Å²) >= 11 is 0. The zero-order valence-corrected chi connectivity index (χ0v) is 11.8. The molecule has 0 bridgehead atoms. The van der Waals surface area contributed by atoms with Gasteiger partial charge in [-0.15, -0.1) is 0 Å². The lowest BCUT2D eigenvalue weighted by Crippen LogP contribution is -2.39. The monoisotopic (exact) mass is 269 g/mol. The van der Waals surface area contributed by atoms with Crippen molar-refractivity contribution in [3.63, 3.8) is 0 Å². The number of nitrogens with zero attached hydrogens (tertiary/aromatic N) is 1. The number of rotatable bonds is 1. The molecule has 1 aromatic carbocycles. The fourth-order valence-electron chi connectivity index (χ4n) is 4.00. The predicted octanol–water partition coefficient (Wildman–Crippen LogP) is 3.01. The molecule has 0 aromatic heterocycles. The van der Waals surface area contributed by atoms with Gasteiger partial charge in [0, 0.05) is 24.2 Å². The fourth-order valence-corrected chi connectivity index (χ4v) is 4.00. The highest BCUT2D eigenvalue weighted by molar-refractivity contribution is 5.98. The normalized spacial score (nSPS) is 24.4. The van der Waals surface area contributed by atoms with Gasteiger partial charge in [0.05, 0.1) is 13.2 Å². The van der Waals surface area contributed by atoms with Crippen molar-refractivity contribution in [3.8, 4) is 5.75 Å². The third-order valence-electron chi connectivity index (χ3n) is 4.96. The van der Waals surface area contributed by atoms with Gasteiger partial charge in [-0.05, 0) is 48.9 Å². The first kappa shape index (κ1) is 12.0. The maximum atomic E-state index is 12.4. The standard InChI is InChI=1S/C17H19NO2/c1-20-12-5-6-13-11(9-12)7-8-18-15-4-2-3-14(15)17(19)10-16(13)18/h5-6,9,16H,2-4,7-8,10H2,1H3/t16-/m0/s1. The summed E-state index contributed by atoms with van der Waals surface area (Å²) in [6.07, 6.45) is 4.93. The Morgan fingerprint density at radius 3 is 3.00 bits per heavy atom. The highest BCUT2D eigenvalue weighted by atomic mass is 16.5. The maximum Gasteiger partial charge on any atom is 0.162 e. The van der Waals surface area contributed by atoms with Crippen LogP contribution in [0.15, 0.2) is 29.5 Å². The highest BCUT2D eigenvalue weighted by Gasteiger charge is 2.38. The summed E-state index contributed by atoms with van der Waals surface area (Å²) in [7, 11) is 1.70. The summed E-state index contributed by atoms with van der Waals surface area (Å²) < 4.78 is 5.32. The number of carbonyl (C=O) groups is 1. The number of ether oxygens (including phenoxy) is 1. The second-order valence-electron chi connectivity index (χ2n) is 5.93. The van der Waals surface area contributed by atoms with Crippen LogP contribution in [-0.2, 0) is 11.2 Å². The summed E-state index contributed by atoms with van der Waals surface area (Å²) in [5.74, 6) is 1.29. The average molecular weight is 269 g/mol. The number of ketones is 1. The van der Waals surface area contributed by atoms with Gasteiger partial charge in [0.15, 0.2) is 5.78 Å². The summed E-state index contributed by atoms with van der Waals surface area (Å²) in [5.41, 5.74) is 5.13. The molecule has 3 nitrogen and oxygen atoms in total. The van der Waals surface area contributed by atoms with E-state index in [0.717, 1.165) is 43.6 Å². The van der Waals surface area contributed by atoms with Gasteiger partial charge >= 0.3 is 0 Å². The number of carbonyl (C=O) groups excluding carboxylic acids is 1. The van der Waals surface area contributed by atoms with E-state index in [9.17, 15) is 4.79 Å². The van der Waals surface area contributed by atoms with Crippen molar-refractivity contribution >= 4 is 5.78 Å². The van der Waals surface area contributed by atoms with Crippen LogP contribution in [0, 0.1) is 0 Å². The molecule has 3 aliphatic rings. The van der Waals surface area contributed by atoms with Gasteiger partial charge in [0.1, 0.15) is 5.75 Å². The van der Waals surface area contributed by atoms with Crippen molar-refractivity contribution in [2.45, 2.75) is 38.1 Å². The molecule has 0 saturated carbocycles. The van der Waals surface area contributed by atoms with E-state index in [2.05, 4.69) is 17.0 Å². The molecule has 0 radical (unpaired) electrons. The summed E-state index contributed by atoms with van der Waals surface area (Å²) in [5, 5.41) is 0. The lowest BCUT2D eigenvalue weighted by molar-refractivity contribution is -0.117. The molecule has 0 N–H and O–H groups in total. The van der Waals surface area contributed by atoms with Crippen LogP contribution >= 0.6 is 0 Å². The van der Waals surface area contributed by atoms with Crippen LogP contribution in [0.5, 0.6) is 5.75 Å². The summed E-state index contributed by atoms with van der Waals surface area (Å²) in [6.45, 7) is 1.04. The zero-order chi connectivity index (χ0) is 13.7. The van der Waals surface area contributed by atoms with Crippen LogP contribution in [0.1, 0.15) is 42.9 Å². The molecule has 1 aliphatic carbocycles. The second-order valence-corrected chi connectivity index (χ2v) is 5.93. The molecular weight excluding hydrogens is 250 g/mol. The molecule has 1 aromatic rings. The van der Waals surface area contributed by atoms with Crippen LogP contribution in [0.3, 0.4) is 0 Å². The SMILES string of the molecule is COc1ccc2c(c1)CCN1C3=C(CCC3)C(=O)C[C@@H]21. The Kier molecular flexibility index (Phi) is 2.62. The third-order valence-corrected chi connectivity index (χ3v) is 4.96.